The lowest BCUT2D eigenvalue weighted by molar-refractivity contribution is 0.0944. The number of nitrogens with one attached hydrogen (secondary N) is 2. The third kappa shape index (κ3) is 5.40. The lowest BCUT2D eigenvalue weighted by Gasteiger charge is -2.19. The van der Waals surface area contributed by atoms with Gasteiger partial charge in [-0.05, 0) is 50.6 Å². The number of carbonyl (C=O) groups is 2. The van der Waals surface area contributed by atoms with E-state index >= 15 is 0 Å². The van der Waals surface area contributed by atoms with Gasteiger partial charge in [0, 0.05) is 23.3 Å². The highest BCUT2D eigenvalue weighted by Gasteiger charge is 2.15. The van der Waals surface area contributed by atoms with E-state index in [1.165, 1.54) is 6.26 Å². The number of hydrogen-bond donors (Lipinski definition) is 3. The van der Waals surface area contributed by atoms with Crippen molar-refractivity contribution in [3.63, 3.8) is 0 Å². The molecule has 24 heavy (non-hydrogen) atoms. The van der Waals surface area contributed by atoms with Gasteiger partial charge in [0.25, 0.3) is 11.8 Å². The first-order valence-electron chi connectivity index (χ1n) is 7.29. The smallest absolute Gasteiger partial charge is 0.291 e. The summed E-state index contributed by atoms with van der Waals surface area (Å²) < 4.78 is 5.06. The quantitative estimate of drug-likeness (QED) is 0.771. The molecule has 0 aliphatic heterocycles. The molecule has 1 aromatic carbocycles. The molecule has 0 saturated heterocycles. The van der Waals surface area contributed by atoms with Crippen LogP contribution in [0.25, 0.3) is 0 Å². The van der Waals surface area contributed by atoms with E-state index in [1.807, 2.05) is 20.8 Å². The summed E-state index contributed by atoms with van der Waals surface area (Å²) in [5.74, 6) is -0.389. The fourth-order valence-electron chi connectivity index (χ4n) is 1.90. The molecule has 1 aromatic heterocycles. The Balaban J connectivity index is 0.00000288. The number of benzene rings is 1. The summed E-state index contributed by atoms with van der Waals surface area (Å²) in [6, 6.07) is 8.33. The molecule has 0 bridgehead atoms. The third-order valence-electron chi connectivity index (χ3n) is 3.20. The fourth-order valence-corrected chi connectivity index (χ4v) is 1.90. The molecule has 2 aromatic rings. The molecular weight excluding hydrogens is 330 g/mol. The standard InChI is InChI=1S/C17H21N3O3.ClH/c1-11-6-7-12(15(21)19-10-17(2,3)18)9-13(11)20-16(22)14-5-4-8-23-14;/h4-9H,10,18H2,1-3H3,(H,19,21)(H,20,22);1H. The molecule has 130 valence electrons. The molecule has 1 heterocycles. The molecule has 2 amide bonds. The molecule has 0 fully saturated rings. The molecular formula is C17H22ClN3O3. The number of aryl methyl sites for hydroxylation is 1. The third-order valence-corrected chi connectivity index (χ3v) is 3.20. The fraction of sp³-hybridized carbons (Fsp3) is 0.294. The van der Waals surface area contributed by atoms with Gasteiger partial charge in [-0.15, -0.1) is 12.4 Å². The number of halogens is 1. The second-order valence-electron chi connectivity index (χ2n) is 6.13. The van der Waals surface area contributed by atoms with Crippen molar-refractivity contribution in [2.75, 3.05) is 11.9 Å². The van der Waals surface area contributed by atoms with Gasteiger partial charge in [0.15, 0.2) is 5.76 Å². The molecule has 0 radical (unpaired) electrons. The van der Waals surface area contributed by atoms with E-state index in [0.717, 1.165) is 5.56 Å². The molecule has 7 heteroatoms. The summed E-state index contributed by atoms with van der Waals surface area (Å²) in [5, 5.41) is 5.51. The van der Waals surface area contributed by atoms with E-state index < -0.39 is 5.54 Å². The van der Waals surface area contributed by atoms with Crippen LogP contribution in [0.3, 0.4) is 0 Å². The zero-order valence-electron chi connectivity index (χ0n) is 13.9. The zero-order valence-corrected chi connectivity index (χ0v) is 14.7. The average Bonchev–Trinajstić information content (AvgIpc) is 3.00. The Labute approximate surface area is 147 Å². The van der Waals surface area contributed by atoms with Crippen molar-refractivity contribution in [3.05, 3.63) is 53.5 Å². The summed E-state index contributed by atoms with van der Waals surface area (Å²) in [4.78, 5) is 24.2. The van der Waals surface area contributed by atoms with Crippen molar-refractivity contribution < 1.29 is 14.0 Å². The number of nitrogens with two attached hydrogens (primary N) is 1. The van der Waals surface area contributed by atoms with E-state index in [4.69, 9.17) is 10.2 Å². The predicted octanol–water partition coefficient (Wildman–Crippen LogP) is 2.73. The summed E-state index contributed by atoms with van der Waals surface area (Å²) in [6.07, 6.45) is 1.43. The van der Waals surface area contributed by atoms with E-state index in [9.17, 15) is 9.59 Å². The van der Waals surface area contributed by atoms with Crippen molar-refractivity contribution in [1.82, 2.24) is 5.32 Å². The van der Waals surface area contributed by atoms with Gasteiger partial charge < -0.3 is 20.8 Å². The predicted molar refractivity (Wildman–Crippen MR) is 95.7 cm³/mol. The van der Waals surface area contributed by atoms with Crippen LogP contribution in [0, 0.1) is 6.92 Å². The lowest BCUT2D eigenvalue weighted by atomic mass is 10.1. The van der Waals surface area contributed by atoms with E-state index in [0.29, 0.717) is 17.8 Å². The van der Waals surface area contributed by atoms with Crippen LogP contribution in [-0.2, 0) is 0 Å². The maximum Gasteiger partial charge on any atom is 0.291 e. The molecule has 0 aliphatic carbocycles. The van der Waals surface area contributed by atoms with Crippen LogP contribution in [0.4, 0.5) is 5.69 Å². The Morgan fingerprint density at radius 2 is 1.92 bits per heavy atom. The first-order valence-corrected chi connectivity index (χ1v) is 7.29. The van der Waals surface area contributed by atoms with Crippen LogP contribution < -0.4 is 16.4 Å². The zero-order chi connectivity index (χ0) is 17.0. The summed E-state index contributed by atoms with van der Waals surface area (Å²) in [5.41, 5.74) is 7.23. The van der Waals surface area contributed by atoms with Gasteiger partial charge >= 0.3 is 0 Å². The van der Waals surface area contributed by atoms with Gasteiger partial charge in [-0.2, -0.15) is 0 Å². The number of amides is 2. The minimum atomic E-state index is -0.489. The van der Waals surface area contributed by atoms with Gasteiger partial charge in [0.05, 0.1) is 6.26 Å². The summed E-state index contributed by atoms with van der Waals surface area (Å²) in [6.45, 7) is 5.87. The van der Waals surface area contributed by atoms with Crippen LogP contribution in [0.2, 0.25) is 0 Å². The molecule has 4 N–H and O–H groups in total. The van der Waals surface area contributed by atoms with Crippen molar-refractivity contribution in [2.24, 2.45) is 5.73 Å². The Morgan fingerprint density at radius 1 is 1.21 bits per heavy atom. The first kappa shape index (κ1) is 19.7. The largest absolute Gasteiger partial charge is 0.459 e. The highest BCUT2D eigenvalue weighted by molar-refractivity contribution is 6.03. The van der Waals surface area contributed by atoms with Crippen molar-refractivity contribution in [3.8, 4) is 0 Å². The molecule has 6 nitrogen and oxygen atoms in total. The van der Waals surface area contributed by atoms with E-state index in [-0.39, 0.29) is 30.0 Å². The van der Waals surface area contributed by atoms with Crippen molar-refractivity contribution >= 4 is 29.9 Å². The SMILES string of the molecule is Cc1ccc(C(=O)NCC(C)(C)N)cc1NC(=O)c1ccco1.Cl. The number of hydrogen-bond acceptors (Lipinski definition) is 4. The molecule has 0 unspecified atom stereocenters. The van der Waals surface area contributed by atoms with Gasteiger partial charge in [-0.3, -0.25) is 9.59 Å². The normalized spacial score (nSPS) is 10.7. The molecule has 0 atom stereocenters. The van der Waals surface area contributed by atoms with Crippen LogP contribution in [0.1, 0.15) is 40.3 Å². The first-order chi connectivity index (χ1) is 10.8. The van der Waals surface area contributed by atoms with E-state index in [2.05, 4.69) is 10.6 Å². The average molecular weight is 352 g/mol. The maximum absolute atomic E-state index is 12.2. The van der Waals surface area contributed by atoms with Crippen molar-refractivity contribution in [1.29, 1.82) is 0 Å². The Morgan fingerprint density at radius 3 is 2.50 bits per heavy atom. The second-order valence-corrected chi connectivity index (χ2v) is 6.13. The van der Waals surface area contributed by atoms with Crippen LogP contribution in [-0.4, -0.2) is 23.9 Å². The monoisotopic (exact) mass is 351 g/mol. The lowest BCUT2D eigenvalue weighted by Crippen LogP contribution is -2.45. The minimum absolute atomic E-state index is 0. The van der Waals surface area contributed by atoms with E-state index in [1.54, 1.807) is 30.3 Å². The van der Waals surface area contributed by atoms with Crippen molar-refractivity contribution in [2.45, 2.75) is 26.3 Å². The van der Waals surface area contributed by atoms with Gasteiger partial charge in [-0.1, -0.05) is 6.07 Å². The van der Waals surface area contributed by atoms with Gasteiger partial charge in [-0.25, -0.2) is 0 Å². The highest BCUT2D eigenvalue weighted by atomic mass is 35.5. The van der Waals surface area contributed by atoms with Gasteiger partial charge in [0.2, 0.25) is 0 Å². The second kappa shape index (κ2) is 7.99. The molecule has 0 spiro atoms. The highest BCUT2D eigenvalue weighted by Crippen LogP contribution is 2.18. The molecule has 2 rings (SSSR count). The summed E-state index contributed by atoms with van der Waals surface area (Å²) in [7, 11) is 0. The Kier molecular flexibility index (Phi) is 6.57. The number of carbonyl (C=O) groups excluding carboxylic acids is 2. The van der Waals surface area contributed by atoms with Crippen LogP contribution in [0.5, 0.6) is 0 Å². The maximum atomic E-state index is 12.2. The number of furan rings is 1. The van der Waals surface area contributed by atoms with Crippen LogP contribution >= 0.6 is 12.4 Å². The molecule has 0 aliphatic rings. The Hall–Kier alpha value is -2.31. The van der Waals surface area contributed by atoms with Crippen LogP contribution in [0.15, 0.2) is 41.0 Å². The topological polar surface area (TPSA) is 97.4 Å². The van der Waals surface area contributed by atoms with Gasteiger partial charge in [0.1, 0.15) is 0 Å². The summed E-state index contributed by atoms with van der Waals surface area (Å²) >= 11 is 0. The number of rotatable bonds is 5. The minimum Gasteiger partial charge on any atom is -0.459 e. The molecule has 0 saturated carbocycles. The number of anilines is 1. The Bertz CT molecular complexity index is 706.